The standard InChI is InChI=1S/C18H21F3N2O/c19-18(20,21)15-3-1-2-14(10-15)17-5-4-16(24-17)12-23-11-13-6-8-22-9-7-13/h1-5,10,13,22-23H,6-9,11-12H2. The van der Waals surface area contributed by atoms with Crippen LogP contribution in [0.2, 0.25) is 0 Å². The highest BCUT2D eigenvalue weighted by molar-refractivity contribution is 5.58. The molecule has 2 aromatic rings. The van der Waals surface area contributed by atoms with Crippen LogP contribution in [0.5, 0.6) is 0 Å². The zero-order valence-electron chi connectivity index (χ0n) is 13.3. The van der Waals surface area contributed by atoms with E-state index in [1.54, 1.807) is 12.1 Å². The number of furan rings is 1. The zero-order chi connectivity index (χ0) is 17.0. The van der Waals surface area contributed by atoms with Gasteiger partial charge in [-0.15, -0.1) is 0 Å². The topological polar surface area (TPSA) is 37.2 Å². The van der Waals surface area contributed by atoms with Crippen LogP contribution in [0, 0.1) is 5.92 Å². The van der Waals surface area contributed by atoms with E-state index in [2.05, 4.69) is 10.6 Å². The maximum Gasteiger partial charge on any atom is 0.416 e. The average molecular weight is 338 g/mol. The predicted octanol–water partition coefficient (Wildman–Crippen LogP) is 4.05. The molecule has 0 radical (unpaired) electrons. The minimum atomic E-state index is -4.35. The van der Waals surface area contributed by atoms with Gasteiger partial charge in [-0.3, -0.25) is 0 Å². The quantitative estimate of drug-likeness (QED) is 0.863. The van der Waals surface area contributed by atoms with Crippen LogP contribution in [0.25, 0.3) is 11.3 Å². The van der Waals surface area contributed by atoms with Crippen LogP contribution in [0.15, 0.2) is 40.8 Å². The molecule has 1 saturated heterocycles. The number of alkyl halides is 3. The first kappa shape index (κ1) is 17.0. The van der Waals surface area contributed by atoms with Crippen molar-refractivity contribution in [3.8, 4) is 11.3 Å². The Kier molecular flexibility index (Phi) is 5.26. The van der Waals surface area contributed by atoms with Crippen LogP contribution in [0.1, 0.15) is 24.2 Å². The number of rotatable bonds is 5. The number of nitrogens with one attached hydrogen (secondary N) is 2. The molecule has 0 atom stereocenters. The fraction of sp³-hybridized carbons (Fsp3) is 0.444. The molecule has 6 heteroatoms. The average Bonchev–Trinajstić information content (AvgIpc) is 3.04. The van der Waals surface area contributed by atoms with E-state index in [0.717, 1.165) is 37.5 Å². The van der Waals surface area contributed by atoms with Gasteiger partial charge in [-0.25, -0.2) is 0 Å². The van der Waals surface area contributed by atoms with Crippen molar-refractivity contribution in [3.63, 3.8) is 0 Å². The molecule has 3 rings (SSSR count). The van der Waals surface area contributed by atoms with Crippen LogP contribution >= 0.6 is 0 Å². The van der Waals surface area contributed by atoms with Gasteiger partial charge in [0.15, 0.2) is 0 Å². The van der Waals surface area contributed by atoms with Gasteiger partial charge in [0.2, 0.25) is 0 Å². The second-order valence-electron chi connectivity index (χ2n) is 6.17. The fourth-order valence-corrected chi connectivity index (χ4v) is 2.96. The third-order valence-corrected chi connectivity index (χ3v) is 4.33. The van der Waals surface area contributed by atoms with Gasteiger partial charge in [0.05, 0.1) is 12.1 Å². The van der Waals surface area contributed by atoms with Gasteiger partial charge < -0.3 is 15.1 Å². The molecule has 24 heavy (non-hydrogen) atoms. The second kappa shape index (κ2) is 7.40. The van der Waals surface area contributed by atoms with Gasteiger partial charge in [-0.05, 0) is 62.7 Å². The molecular weight excluding hydrogens is 317 g/mol. The van der Waals surface area contributed by atoms with Gasteiger partial charge in [0.25, 0.3) is 0 Å². The van der Waals surface area contributed by atoms with Crippen LogP contribution in [0.3, 0.4) is 0 Å². The molecule has 2 N–H and O–H groups in total. The first-order valence-corrected chi connectivity index (χ1v) is 8.20. The minimum Gasteiger partial charge on any atom is -0.460 e. The first-order valence-electron chi connectivity index (χ1n) is 8.20. The number of benzene rings is 1. The van der Waals surface area contributed by atoms with E-state index in [1.807, 2.05) is 6.07 Å². The molecule has 0 unspecified atom stereocenters. The summed E-state index contributed by atoms with van der Waals surface area (Å²) in [5.74, 6) is 1.86. The summed E-state index contributed by atoms with van der Waals surface area (Å²) in [5.41, 5.74) is -0.226. The molecule has 0 amide bonds. The summed E-state index contributed by atoms with van der Waals surface area (Å²) in [7, 11) is 0. The number of hydrogen-bond donors (Lipinski definition) is 2. The smallest absolute Gasteiger partial charge is 0.416 e. The summed E-state index contributed by atoms with van der Waals surface area (Å²) in [4.78, 5) is 0. The molecule has 3 nitrogen and oxygen atoms in total. The first-order chi connectivity index (χ1) is 11.5. The van der Waals surface area contributed by atoms with Crippen LogP contribution in [-0.4, -0.2) is 19.6 Å². The van der Waals surface area contributed by atoms with Crippen LogP contribution in [0.4, 0.5) is 13.2 Å². The molecule has 1 fully saturated rings. The normalized spacial score (nSPS) is 16.5. The maximum absolute atomic E-state index is 12.8. The molecular formula is C18H21F3N2O. The van der Waals surface area contributed by atoms with Crippen molar-refractivity contribution in [1.82, 2.24) is 10.6 Å². The van der Waals surface area contributed by atoms with Gasteiger partial charge in [-0.1, -0.05) is 12.1 Å². The van der Waals surface area contributed by atoms with E-state index in [0.29, 0.717) is 23.8 Å². The molecule has 0 aliphatic carbocycles. The Morgan fingerprint density at radius 1 is 1.12 bits per heavy atom. The van der Waals surface area contributed by atoms with Crippen molar-refractivity contribution < 1.29 is 17.6 Å². The summed E-state index contributed by atoms with van der Waals surface area (Å²) in [6.45, 7) is 3.64. The van der Waals surface area contributed by atoms with E-state index in [1.165, 1.54) is 18.9 Å². The summed E-state index contributed by atoms with van der Waals surface area (Å²) in [5, 5.41) is 6.70. The molecule has 1 aromatic carbocycles. The van der Waals surface area contributed by atoms with E-state index in [9.17, 15) is 13.2 Å². The Morgan fingerprint density at radius 2 is 1.92 bits per heavy atom. The largest absolute Gasteiger partial charge is 0.460 e. The monoisotopic (exact) mass is 338 g/mol. The Balaban J connectivity index is 1.59. The summed E-state index contributed by atoms with van der Waals surface area (Å²) in [6, 6.07) is 8.73. The lowest BCUT2D eigenvalue weighted by molar-refractivity contribution is -0.137. The molecule has 0 bridgehead atoms. The van der Waals surface area contributed by atoms with Gasteiger partial charge >= 0.3 is 6.18 Å². The van der Waals surface area contributed by atoms with Crippen molar-refractivity contribution in [2.75, 3.05) is 19.6 Å². The molecule has 0 spiro atoms. The van der Waals surface area contributed by atoms with Crippen molar-refractivity contribution in [2.45, 2.75) is 25.6 Å². The fourth-order valence-electron chi connectivity index (χ4n) is 2.96. The Bertz CT molecular complexity index is 660. The van der Waals surface area contributed by atoms with Crippen molar-refractivity contribution in [3.05, 3.63) is 47.7 Å². The van der Waals surface area contributed by atoms with Gasteiger partial charge in [0.1, 0.15) is 11.5 Å². The highest BCUT2D eigenvalue weighted by atomic mass is 19.4. The Labute approximate surface area is 139 Å². The van der Waals surface area contributed by atoms with E-state index < -0.39 is 11.7 Å². The summed E-state index contributed by atoms with van der Waals surface area (Å²) >= 11 is 0. The highest BCUT2D eigenvalue weighted by Gasteiger charge is 2.30. The van der Waals surface area contributed by atoms with Crippen molar-refractivity contribution >= 4 is 0 Å². The molecule has 1 aromatic heterocycles. The number of halogens is 3. The van der Waals surface area contributed by atoms with Gasteiger partial charge in [-0.2, -0.15) is 13.2 Å². The Hall–Kier alpha value is -1.79. The lowest BCUT2D eigenvalue weighted by Gasteiger charge is -2.22. The SMILES string of the molecule is FC(F)(F)c1cccc(-c2ccc(CNCC3CCNCC3)o2)c1. The van der Waals surface area contributed by atoms with Crippen LogP contribution < -0.4 is 10.6 Å². The lowest BCUT2D eigenvalue weighted by atomic mass is 9.98. The third kappa shape index (κ3) is 4.39. The minimum absolute atomic E-state index is 0.439. The van der Waals surface area contributed by atoms with Gasteiger partial charge in [0, 0.05) is 5.56 Å². The molecule has 1 aliphatic rings. The third-order valence-electron chi connectivity index (χ3n) is 4.33. The molecule has 1 aliphatic heterocycles. The van der Waals surface area contributed by atoms with Crippen LogP contribution in [-0.2, 0) is 12.7 Å². The number of piperidine rings is 1. The maximum atomic E-state index is 12.8. The van der Waals surface area contributed by atoms with E-state index in [4.69, 9.17) is 4.42 Å². The van der Waals surface area contributed by atoms with Crippen molar-refractivity contribution in [1.29, 1.82) is 0 Å². The summed E-state index contributed by atoms with van der Waals surface area (Å²) < 4.78 is 44.0. The molecule has 130 valence electrons. The van der Waals surface area contributed by atoms with E-state index in [-0.39, 0.29) is 0 Å². The molecule has 2 heterocycles. The predicted molar refractivity (Wildman–Crippen MR) is 86.4 cm³/mol. The lowest BCUT2D eigenvalue weighted by Crippen LogP contribution is -2.33. The summed E-state index contributed by atoms with van der Waals surface area (Å²) in [6.07, 6.45) is -2.01. The Morgan fingerprint density at radius 3 is 2.67 bits per heavy atom. The highest BCUT2D eigenvalue weighted by Crippen LogP contribution is 2.32. The zero-order valence-corrected chi connectivity index (χ0v) is 13.3. The second-order valence-corrected chi connectivity index (χ2v) is 6.17. The van der Waals surface area contributed by atoms with E-state index >= 15 is 0 Å². The number of hydrogen-bond acceptors (Lipinski definition) is 3. The molecule has 0 saturated carbocycles. The van der Waals surface area contributed by atoms with Crippen molar-refractivity contribution in [2.24, 2.45) is 5.92 Å².